The molecule has 0 saturated heterocycles. The SMILES string of the molecule is CCOc1ccccc1OCCCC(=O)Oc1ccc(C(=O)OC)cc1. The molecule has 138 valence electrons. The van der Waals surface area contributed by atoms with E-state index < -0.39 is 5.97 Å². The Labute approximate surface area is 152 Å². The van der Waals surface area contributed by atoms with Crippen molar-refractivity contribution in [1.29, 1.82) is 0 Å². The predicted octanol–water partition coefficient (Wildman–Crippen LogP) is 3.64. The summed E-state index contributed by atoms with van der Waals surface area (Å²) >= 11 is 0. The highest BCUT2D eigenvalue weighted by Gasteiger charge is 2.09. The summed E-state index contributed by atoms with van der Waals surface area (Å²) < 4.78 is 21.0. The Morgan fingerprint density at radius 2 is 1.58 bits per heavy atom. The maximum absolute atomic E-state index is 11.9. The molecule has 26 heavy (non-hydrogen) atoms. The van der Waals surface area contributed by atoms with Crippen molar-refractivity contribution < 1.29 is 28.5 Å². The first-order chi connectivity index (χ1) is 12.6. The summed E-state index contributed by atoms with van der Waals surface area (Å²) in [6, 6.07) is 13.6. The quantitative estimate of drug-likeness (QED) is 0.387. The first-order valence-electron chi connectivity index (χ1n) is 8.37. The molecule has 2 rings (SSSR count). The number of rotatable bonds is 9. The van der Waals surface area contributed by atoms with E-state index in [1.807, 2.05) is 31.2 Å². The lowest BCUT2D eigenvalue weighted by molar-refractivity contribution is -0.134. The molecule has 0 unspecified atom stereocenters. The minimum atomic E-state index is -0.438. The third kappa shape index (κ3) is 5.81. The smallest absolute Gasteiger partial charge is 0.337 e. The first-order valence-corrected chi connectivity index (χ1v) is 8.37. The van der Waals surface area contributed by atoms with Gasteiger partial charge < -0.3 is 18.9 Å². The van der Waals surface area contributed by atoms with Crippen molar-refractivity contribution >= 4 is 11.9 Å². The van der Waals surface area contributed by atoms with Crippen LogP contribution in [-0.2, 0) is 9.53 Å². The van der Waals surface area contributed by atoms with Gasteiger partial charge in [-0.25, -0.2) is 4.79 Å². The molecule has 0 aliphatic carbocycles. The summed E-state index contributed by atoms with van der Waals surface area (Å²) in [5.41, 5.74) is 0.397. The van der Waals surface area contributed by atoms with Crippen LogP contribution in [0.2, 0.25) is 0 Å². The van der Waals surface area contributed by atoms with Gasteiger partial charge in [-0.1, -0.05) is 12.1 Å². The van der Waals surface area contributed by atoms with Crippen molar-refractivity contribution in [3.8, 4) is 17.2 Å². The Kier molecular flexibility index (Phi) is 7.49. The van der Waals surface area contributed by atoms with Gasteiger partial charge in [0, 0.05) is 6.42 Å². The lowest BCUT2D eigenvalue weighted by Gasteiger charge is -2.11. The van der Waals surface area contributed by atoms with Gasteiger partial charge >= 0.3 is 11.9 Å². The molecule has 0 aromatic heterocycles. The van der Waals surface area contributed by atoms with Crippen LogP contribution < -0.4 is 14.2 Å². The summed E-state index contributed by atoms with van der Waals surface area (Å²) in [5, 5.41) is 0. The number of methoxy groups -OCH3 is 1. The summed E-state index contributed by atoms with van der Waals surface area (Å²) in [6.07, 6.45) is 0.731. The zero-order valence-corrected chi connectivity index (χ0v) is 14.9. The van der Waals surface area contributed by atoms with Gasteiger partial charge in [-0.3, -0.25) is 4.79 Å². The summed E-state index contributed by atoms with van der Waals surface area (Å²) in [7, 11) is 1.31. The first kappa shape index (κ1) is 19.3. The number of esters is 2. The molecule has 0 radical (unpaired) electrons. The molecule has 0 N–H and O–H groups in total. The Morgan fingerprint density at radius 1 is 0.923 bits per heavy atom. The highest BCUT2D eigenvalue weighted by molar-refractivity contribution is 5.89. The van der Waals surface area contributed by atoms with E-state index in [1.165, 1.54) is 7.11 Å². The Bertz CT molecular complexity index is 723. The molecule has 0 aliphatic heterocycles. The highest BCUT2D eigenvalue weighted by Crippen LogP contribution is 2.26. The molecule has 0 bridgehead atoms. The minimum absolute atomic E-state index is 0.218. The number of hydrogen-bond donors (Lipinski definition) is 0. The second kappa shape index (κ2) is 10.1. The predicted molar refractivity (Wildman–Crippen MR) is 95.8 cm³/mol. The van der Waals surface area contributed by atoms with Crippen LogP contribution in [0.5, 0.6) is 17.2 Å². The molecule has 0 heterocycles. The number of hydrogen-bond acceptors (Lipinski definition) is 6. The summed E-state index contributed by atoms with van der Waals surface area (Å²) in [5.74, 6) is 0.916. The van der Waals surface area contributed by atoms with Crippen LogP contribution in [0.3, 0.4) is 0 Å². The molecule has 0 spiro atoms. The van der Waals surface area contributed by atoms with Gasteiger partial charge in [0.15, 0.2) is 11.5 Å². The van der Waals surface area contributed by atoms with Crippen LogP contribution >= 0.6 is 0 Å². The second-order valence-corrected chi connectivity index (χ2v) is 5.32. The normalized spacial score (nSPS) is 10.1. The van der Waals surface area contributed by atoms with Gasteiger partial charge in [0.1, 0.15) is 5.75 Å². The van der Waals surface area contributed by atoms with E-state index in [9.17, 15) is 9.59 Å². The van der Waals surface area contributed by atoms with Crippen LogP contribution in [0.25, 0.3) is 0 Å². The van der Waals surface area contributed by atoms with Crippen LogP contribution in [0.15, 0.2) is 48.5 Å². The van der Waals surface area contributed by atoms with Gasteiger partial charge in [-0.05, 0) is 49.7 Å². The summed E-state index contributed by atoms with van der Waals surface area (Å²) in [6.45, 7) is 2.84. The van der Waals surface area contributed by atoms with Crippen molar-refractivity contribution in [3.63, 3.8) is 0 Å². The Hall–Kier alpha value is -3.02. The molecule has 2 aromatic carbocycles. The maximum Gasteiger partial charge on any atom is 0.337 e. The van der Waals surface area contributed by atoms with Crippen LogP contribution in [0.1, 0.15) is 30.1 Å². The zero-order valence-electron chi connectivity index (χ0n) is 14.9. The standard InChI is InChI=1S/C20H22O6/c1-3-24-17-7-4-5-8-18(17)25-14-6-9-19(21)26-16-12-10-15(11-13-16)20(22)23-2/h4-5,7-8,10-13H,3,6,9,14H2,1-2H3. The summed E-state index contributed by atoms with van der Waals surface area (Å²) in [4.78, 5) is 23.2. The Morgan fingerprint density at radius 3 is 2.19 bits per heavy atom. The fourth-order valence-electron chi connectivity index (χ4n) is 2.20. The van der Waals surface area contributed by atoms with Crippen LogP contribution in [0.4, 0.5) is 0 Å². The molecule has 0 amide bonds. The molecular weight excluding hydrogens is 336 g/mol. The van der Waals surface area contributed by atoms with Gasteiger partial charge in [0.2, 0.25) is 0 Å². The Balaban J connectivity index is 1.75. The number of para-hydroxylation sites is 2. The zero-order chi connectivity index (χ0) is 18.8. The van der Waals surface area contributed by atoms with E-state index in [0.29, 0.717) is 42.4 Å². The fourth-order valence-corrected chi connectivity index (χ4v) is 2.20. The van der Waals surface area contributed by atoms with Crippen LogP contribution in [-0.4, -0.2) is 32.3 Å². The van der Waals surface area contributed by atoms with Gasteiger partial charge in [-0.2, -0.15) is 0 Å². The van der Waals surface area contributed by atoms with Crippen molar-refractivity contribution in [2.45, 2.75) is 19.8 Å². The third-order valence-electron chi connectivity index (χ3n) is 3.44. The van der Waals surface area contributed by atoms with E-state index >= 15 is 0 Å². The average molecular weight is 358 g/mol. The van der Waals surface area contributed by atoms with Crippen molar-refractivity contribution in [2.75, 3.05) is 20.3 Å². The number of carbonyl (C=O) groups excluding carboxylic acids is 2. The van der Waals surface area contributed by atoms with E-state index in [2.05, 4.69) is 4.74 Å². The van der Waals surface area contributed by atoms with E-state index in [4.69, 9.17) is 14.2 Å². The van der Waals surface area contributed by atoms with E-state index in [0.717, 1.165) is 0 Å². The number of ether oxygens (including phenoxy) is 4. The van der Waals surface area contributed by atoms with Crippen molar-refractivity contribution in [3.05, 3.63) is 54.1 Å². The topological polar surface area (TPSA) is 71.1 Å². The molecule has 0 atom stereocenters. The lowest BCUT2D eigenvalue weighted by Crippen LogP contribution is -2.10. The second-order valence-electron chi connectivity index (χ2n) is 5.32. The molecular formula is C20H22O6. The molecule has 6 nitrogen and oxygen atoms in total. The third-order valence-corrected chi connectivity index (χ3v) is 3.44. The highest BCUT2D eigenvalue weighted by atomic mass is 16.5. The largest absolute Gasteiger partial charge is 0.490 e. The van der Waals surface area contributed by atoms with Gasteiger partial charge in [0.05, 0.1) is 25.9 Å². The molecule has 0 saturated carbocycles. The molecule has 0 aliphatic rings. The molecule has 2 aromatic rings. The van der Waals surface area contributed by atoms with Crippen molar-refractivity contribution in [2.24, 2.45) is 0 Å². The van der Waals surface area contributed by atoms with Crippen LogP contribution in [0, 0.1) is 0 Å². The fraction of sp³-hybridized carbons (Fsp3) is 0.300. The lowest BCUT2D eigenvalue weighted by atomic mass is 10.2. The molecule has 0 fully saturated rings. The van der Waals surface area contributed by atoms with E-state index in [1.54, 1.807) is 24.3 Å². The maximum atomic E-state index is 11.9. The monoisotopic (exact) mass is 358 g/mol. The minimum Gasteiger partial charge on any atom is -0.490 e. The van der Waals surface area contributed by atoms with E-state index in [-0.39, 0.29) is 12.4 Å². The average Bonchev–Trinajstić information content (AvgIpc) is 2.66. The van der Waals surface area contributed by atoms with Gasteiger partial charge in [-0.15, -0.1) is 0 Å². The number of carbonyl (C=O) groups is 2. The molecule has 6 heteroatoms. The number of benzene rings is 2. The van der Waals surface area contributed by atoms with Gasteiger partial charge in [0.25, 0.3) is 0 Å². The van der Waals surface area contributed by atoms with Crippen molar-refractivity contribution in [1.82, 2.24) is 0 Å².